The van der Waals surface area contributed by atoms with E-state index in [1.54, 1.807) is 6.21 Å². The number of aryl methyl sites for hydroxylation is 2. The van der Waals surface area contributed by atoms with E-state index in [0.29, 0.717) is 6.54 Å². The van der Waals surface area contributed by atoms with Crippen LogP contribution in [0, 0.1) is 18.3 Å². The predicted molar refractivity (Wildman–Crippen MR) is 101 cm³/mol. The fourth-order valence-corrected chi connectivity index (χ4v) is 3.28. The number of nitriles is 1. The third kappa shape index (κ3) is 4.73. The van der Waals surface area contributed by atoms with E-state index in [4.69, 9.17) is 0 Å². The van der Waals surface area contributed by atoms with Crippen LogP contribution in [0.15, 0.2) is 34.6 Å². The van der Waals surface area contributed by atoms with Crippen molar-refractivity contribution in [2.75, 3.05) is 20.6 Å². The number of hydrogen-bond acceptors (Lipinski definition) is 5. The van der Waals surface area contributed by atoms with E-state index >= 15 is 0 Å². The molecule has 0 saturated carbocycles. The number of nitrogens with zero attached hydrogens (tertiary/aromatic N) is 4. The molecule has 1 aromatic carbocycles. The largest absolute Gasteiger partial charge is 0.301 e. The molecule has 2 atom stereocenters. The van der Waals surface area contributed by atoms with E-state index in [1.165, 1.54) is 22.5 Å². The lowest BCUT2D eigenvalue weighted by Crippen LogP contribution is -2.22. The predicted octanol–water partition coefficient (Wildman–Crippen LogP) is 3.99. The second kappa shape index (κ2) is 8.72. The Morgan fingerprint density at radius 1 is 1.33 bits per heavy atom. The van der Waals surface area contributed by atoms with Crippen molar-refractivity contribution in [1.82, 2.24) is 9.88 Å². The minimum absolute atomic E-state index is 0.199. The molecule has 0 aliphatic carbocycles. The van der Waals surface area contributed by atoms with E-state index in [1.807, 2.05) is 12.3 Å². The highest BCUT2D eigenvalue weighted by Gasteiger charge is 2.15. The van der Waals surface area contributed by atoms with E-state index in [2.05, 4.69) is 66.2 Å². The number of benzene rings is 1. The van der Waals surface area contributed by atoms with Crippen LogP contribution < -0.4 is 0 Å². The summed E-state index contributed by atoms with van der Waals surface area (Å²) < 4.78 is 0. The quantitative estimate of drug-likeness (QED) is 0.716. The smallest absolute Gasteiger partial charge is 0.133 e. The molecule has 1 unspecified atom stereocenters. The number of likely N-dealkylation sites (N-methyl/N-ethyl adjacent to an activating group) is 1. The van der Waals surface area contributed by atoms with Gasteiger partial charge in [0.25, 0.3) is 0 Å². The number of hydrogen-bond donors (Lipinski definition) is 0. The summed E-state index contributed by atoms with van der Waals surface area (Å²) in [5.74, 6) is -0.367. The Labute approximate surface area is 148 Å². The minimum atomic E-state index is -0.367. The van der Waals surface area contributed by atoms with Gasteiger partial charge < -0.3 is 4.90 Å². The molecular formula is C19H24N4S. The van der Waals surface area contributed by atoms with Gasteiger partial charge in [-0.1, -0.05) is 31.2 Å². The van der Waals surface area contributed by atoms with E-state index < -0.39 is 0 Å². The van der Waals surface area contributed by atoms with E-state index in [0.717, 1.165) is 17.1 Å². The molecule has 0 saturated heterocycles. The van der Waals surface area contributed by atoms with Gasteiger partial charge in [0.1, 0.15) is 10.9 Å². The minimum Gasteiger partial charge on any atom is -0.301 e. The third-order valence-corrected chi connectivity index (χ3v) is 5.02. The Bertz CT molecular complexity index is 710. The summed E-state index contributed by atoms with van der Waals surface area (Å²) in [7, 11) is 4.11. The van der Waals surface area contributed by atoms with Crippen LogP contribution in [0.3, 0.4) is 0 Å². The van der Waals surface area contributed by atoms with Gasteiger partial charge >= 0.3 is 0 Å². The van der Waals surface area contributed by atoms with Crippen molar-refractivity contribution in [3.63, 3.8) is 0 Å². The van der Waals surface area contributed by atoms with Gasteiger partial charge in [0.15, 0.2) is 0 Å². The molecular weight excluding hydrogens is 316 g/mol. The van der Waals surface area contributed by atoms with Crippen LogP contribution in [0.5, 0.6) is 0 Å². The first-order chi connectivity index (χ1) is 11.5. The van der Waals surface area contributed by atoms with Crippen molar-refractivity contribution < 1.29 is 0 Å². The van der Waals surface area contributed by atoms with Gasteiger partial charge in [-0.3, -0.25) is 4.99 Å². The molecule has 1 heterocycles. The highest BCUT2D eigenvalue weighted by molar-refractivity contribution is 7.09. The van der Waals surface area contributed by atoms with Gasteiger partial charge in [-0.2, -0.15) is 5.26 Å². The molecule has 2 aromatic rings. The SMILES string of the molecule is CCc1ccc([C@H](CN=CC(C#N)c2nc(C)cs2)N(C)C)cc1. The number of thiazole rings is 1. The molecule has 1 aromatic heterocycles. The summed E-state index contributed by atoms with van der Waals surface area (Å²) in [6.45, 7) is 4.72. The standard InChI is InChI=1S/C19H24N4S/c1-5-15-6-8-16(9-7-15)18(23(3)4)12-21-11-17(10-20)19-22-14(2)13-24-19/h6-9,11,13,17-18H,5,12H2,1-4H3/t17?,18-/m0/s1. The van der Waals surface area contributed by atoms with Gasteiger partial charge in [0.05, 0.1) is 18.7 Å². The van der Waals surface area contributed by atoms with Gasteiger partial charge in [-0.25, -0.2) is 4.98 Å². The first kappa shape index (κ1) is 18.3. The number of aromatic nitrogens is 1. The zero-order valence-electron chi connectivity index (χ0n) is 14.7. The van der Waals surface area contributed by atoms with Crippen LogP contribution >= 0.6 is 11.3 Å². The van der Waals surface area contributed by atoms with Crippen molar-refractivity contribution in [1.29, 1.82) is 5.26 Å². The molecule has 0 aliphatic rings. The summed E-state index contributed by atoms with van der Waals surface area (Å²) in [4.78, 5) is 11.1. The van der Waals surface area contributed by atoms with Crippen LogP contribution in [0.1, 0.15) is 40.7 Å². The summed E-state index contributed by atoms with van der Waals surface area (Å²) >= 11 is 1.51. The van der Waals surface area contributed by atoms with Gasteiger partial charge in [-0.05, 0) is 38.6 Å². The molecule has 5 heteroatoms. The van der Waals surface area contributed by atoms with Crippen LogP contribution in [-0.4, -0.2) is 36.7 Å². The first-order valence-electron chi connectivity index (χ1n) is 8.12. The van der Waals surface area contributed by atoms with Crippen molar-refractivity contribution in [3.05, 3.63) is 51.5 Å². The molecule has 2 rings (SSSR count). The third-order valence-electron chi connectivity index (χ3n) is 3.97. The lowest BCUT2D eigenvalue weighted by molar-refractivity contribution is 0.307. The number of aliphatic imine (C=N–C) groups is 1. The van der Waals surface area contributed by atoms with E-state index in [9.17, 15) is 5.26 Å². The lowest BCUT2D eigenvalue weighted by atomic mass is 10.0. The molecule has 0 aliphatic heterocycles. The normalized spacial score (nSPS) is 14.0. The fourth-order valence-electron chi connectivity index (χ4n) is 2.48. The molecule has 0 fully saturated rings. The van der Waals surface area contributed by atoms with Gasteiger partial charge in [-0.15, -0.1) is 11.3 Å². The average molecular weight is 340 g/mol. The highest BCUT2D eigenvalue weighted by Crippen LogP contribution is 2.21. The highest BCUT2D eigenvalue weighted by atomic mass is 32.1. The van der Waals surface area contributed by atoms with Crippen molar-refractivity contribution >= 4 is 17.6 Å². The second-order valence-electron chi connectivity index (χ2n) is 6.02. The fraction of sp³-hybridized carbons (Fsp3) is 0.421. The molecule has 0 spiro atoms. The maximum absolute atomic E-state index is 9.35. The summed E-state index contributed by atoms with van der Waals surface area (Å²) in [6.07, 6.45) is 2.78. The van der Waals surface area contributed by atoms with Crippen LogP contribution in [0.2, 0.25) is 0 Å². The molecule has 0 amide bonds. The Hall–Kier alpha value is -2.03. The zero-order valence-corrected chi connectivity index (χ0v) is 15.5. The zero-order chi connectivity index (χ0) is 17.5. The Morgan fingerprint density at radius 3 is 2.54 bits per heavy atom. The lowest BCUT2D eigenvalue weighted by Gasteiger charge is -2.23. The van der Waals surface area contributed by atoms with Crippen LogP contribution in [0.4, 0.5) is 0 Å². The maximum Gasteiger partial charge on any atom is 0.133 e. The van der Waals surface area contributed by atoms with E-state index in [-0.39, 0.29) is 12.0 Å². The molecule has 126 valence electrons. The summed E-state index contributed by atoms with van der Waals surface area (Å²) in [5.41, 5.74) is 3.53. The Balaban J connectivity index is 2.08. The second-order valence-corrected chi connectivity index (χ2v) is 6.91. The van der Waals surface area contributed by atoms with Crippen molar-refractivity contribution in [3.8, 4) is 6.07 Å². The van der Waals surface area contributed by atoms with Gasteiger partial charge in [0, 0.05) is 17.3 Å². The Morgan fingerprint density at radius 2 is 2.04 bits per heavy atom. The molecule has 0 bridgehead atoms. The first-order valence-corrected chi connectivity index (χ1v) is 9.00. The molecule has 0 N–H and O–H groups in total. The Kier molecular flexibility index (Phi) is 6.65. The summed E-state index contributed by atoms with van der Waals surface area (Å²) in [6, 6.07) is 11.2. The monoisotopic (exact) mass is 340 g/mol. The summed E-state index contributed by atoms with van der Waals surface area (Å²) in [5, 5.41) is 12.1. The van der Waals surface area contributed by atoms with Crippen molar-refractivity contribution in [2.24, 2.45) is 4.99 Å². The van der Waals surface area contributed by atoms with Crippen LogP contribution in [-0.2, 0) is 6.42 Å². The topological polar surface area (TPSA) is 52.3 Å². The molecule has 24 heavy (non-hydrogen) atoms. The number of rotatable bonds is 7. The average Bonchev–Trinajstić information content (AvgIpc) is 3.01. The molecule has 4 nitrogen and oxygen atoms in total. The molecule has 0 radical (unpaired) electrons. The van der Waals surface area contributed by atoms with Gasteiger partial charge in [0.2, 0.25) is 0 Å². The maximum atomic E-state index is 9.35. The van der Waals surface area contributed by atoms with Crippen molar-refractivity contribution in [2.45, 2.75) is 32.2 Å². The van der Waals surface area contributed by atoms with Crippen LogP contribution in [0.25, 0.3) is 0 Å².